The SMILES string of the molecule is CNNC(=O)Cc1ccc(OC)c(Br)c1. The van der Waals surface area contributed by atoms with Gasteiger partial charge in [0.05, 0.1) is 18.0 Å². The van der Waals surface area contributed by atoms with Crippen LogP contribution in [0.25, 0.3) is 0 Å². The minimum atomic E-state index is -0.0745. The van der Waals surface area contributed by atoms with Crippen LogP contribution in [0.5, 0.6) is 5.75 Å². The van der Waals surface area contributed by atoms with E-state index in [1.54, 1.807) is 14.2 Å². The summed E-state index contributed by atoms with van der Waals surface area (Å²) in [5, 5.41) is 0. The Morgan fingerprint density at radius 2 is 2.27 bits per heavy atom. The van der Waals surface area contributed by atoms with E-state index in [1.165, 1.54) is 0 Å². The molecule has 2 N–H and O–H groups in total. The van der Waals surface area contributed by atoms with Crippen LogP contribution in [0.15, 0.2) is 22.7 Å². The van der Waals surface area contributed by atoms with Crippen molar-refractivity contribution in [3.05, 3.63) is 28.2 Å². The molecule has 0 atom stereocenters. The average molecular weight is 273 g/mol. The van der Waals surface area contributed by atoms with Crippen LogP contribution in [0.1, 0.15) is 5.56 Å². The van der Waals surface area contributed by atoms with E-state index in [1.807, 2.05) is 18.2 Å². The molecule has 15 heavy (non-hydrogen) atoms. The molecule has 4 nitrogen and oxygen atoms in total. The average Bonchev–Trinajstić information content (AvgIpc) is 2.18. The monoisotopic (exact) mass is 272 g/mol. The first kappa shape index (κ1) is 12.0. The molecule has 0 radical (unpaired) electrons. The number of hydrazine groups is 1. The van der Waals surface area contributed by atoms with Gasteiger partial charge in [0.25, 0.3) is 0 Å². The third kappa shape index (κ3) is 3.53. The summed E-state index contributed by atoms with van der Waals surface area (Å²) in [5.41, 5.74) is 6.02. The van der Waals surface area contributed by atoms with Gasteiger partial charge in [0.1, 0.15) is 5.75 Å². The molecule has 0 bridgehead atoms. The number of amides is 1. The van der Waals surface area contributed by atoms with Crippen molar-refractivity contribution >= 4 is 21.8 Å². The van der Waals surface area contributed by atoms with Crippen LogP contribution >= 0.6 is 15.9 Å². The summed E-state index contributed by atoms with van der Waals surface area (Å²) in [7, 11) is 3.26. The van der Waals surface area contributed by atoms with E-state index >= 15 is 0 Å². The summed E-state index contributed by atoms with van der Waals surface area (Å²) in [6, 6.07) is 5.55. The van der Waals surface area contributed by atoms with Gasteiger partial charge in [-0.3, -0.25) is 10.2 Å². The molecule has 0 aliphatic heterocycles. The fourth-order valence-electron chi connectivity index (χ4n) is 1.19. The molecular weight excluding hydrogens is 260 g/mol. The van der Waals surface area contributed by atoms with Crippen molar-refractivity contribution in [2.24, 2.45) is 0 Å². The summed E-state index contributed by atoms with van der Waals surface area (Å²) in [6.45, 7) is 0. The van der Waals surface area contributed by atoms with Crippen LogP contribution in [0.3, 0.4) is 0 Å². The highest BCUT2D eigenvalue weighted by molar-refractivity contribution is 9.10. The fraction of sp³-hybridized carbons (Fsp3) is 0.300. The molecule has 0 aliphatic rings. The van der Waals surface area contributed by atoms with E-state index in [0.29, 0.717) is 6.42 Å². The van der Waals surface area contributed by atoms with Crippen molar-refractivity contribution in [1.29, 1.82) is 0 Å². The first-order valence-corrected chi connectivity index (χ1v) is 5.24. The van der Waals surface area contributed by atoms with Gasteiger partial charge in [-0.1, -0.05) is 6.07 Å². The molecule has 0 spiro atoms. The van der Waals surface area contributed by atoms with E-state index in [-0.39, 0.29) is 5.91 Å². The number of carbonyl (C=O) groups excluding carboxylic acids is 1. The maximum absolute atomic E-state index is 11.3. The van der Waals surface area contributed by atoms with Crippen LogP contribution in [-0.4, -0.2) is 20.1 Å². The van der Waals surface area contributed by atoms with Gasteiger partial charge in [-0.05, 0) is 33.6 Å². The second-order valence-corrected chi connectivity index (χ2v) is 3.80. The molecule has 0 aliphatic carbocycles. The molecule has 0 saturated carbocycles. The van der Waals surface area contributed by atoms with E-state index in [4.69, 9.17) is 4.74 Å². The molecule has 82 valence electrons. The van der Waals surface area contributed by atoms with E-state index < -0.39 is 0 Å². The zero-order valence-corrected chi connectivity index (χ0v) is 10.2. The molecular formula is C10H13BrN2O2. The van der Waals surface area contributed by atoms with Crippen molar-refractivity contribution in [1.82, 2.24) is 10.9 Å². The van der Waals surface area contributed by atoms with Crippen LogP contribution in [0.2, 0.25) is 0 Å². The molecule has 0 unspecified atom stereocenters. The summed E-state index contributed by atoms with van der Waals surface area (Å²) >= 11 is 3.36. The van der Waals surface area contributed by atoms with Crippen molar-refractivity contribution in [2.75, 3.05) is 14.2 Å². The summed E-state index contributed by atoms with van der Waals surface area (Å²) in [4.78, 5) is 11.3. The van der Waals surface area contributed by atoms with Crippen molar-refractivity contribution in [2.45, 2.75) is 6.42 Å². The number of nitrogens with one attached hydrogen (secondary N) is 2. The second kappa shape index (κ2) is 5.72. The van der Waals surface area contributed by atoms with Gasteiger partial charge in [0, 0.05) is 7.05 Å². The number of hydrogen-bond acceptors (Lipinski definition) is 3. The standard InChI is InChI=1S/C10H13BrN2O2/c1-12-13-10(14)6-7-3-4-9(15-2)8(11)5-7/h3-5,12H,6H2,1-2H3,(H,13,14). The lowest BCUT2D eigenvalue weighted by molar-refractivity contribution is -0.121. The Kier molecular flexibility index (Phi) is 4.58. The predicted octanol–water partition coefficient (Wildman–Crippen LogP) is 1.25. The Morgan fingerprint density at radius 1 is 1.53 bits per heavy atom. The minimum absolute atomic E-state index is 0.0745. The molecule has 0 saturated heterocycles. The number of hydrogen-bond donors (Lipinski definition) is 2. The number of halogens is 1. The van der Waals surface area contributed by atoms with Crippen LogP contribution in [0.4, 0.5) is 0 Å². The summed E-state index contributed by atoms with van der Waals surface area (Å²) in [6.07, 6.45) is 0.337. The molecule has 0 heterocycles. The van der Waals surface area contributed by atoms with Gasteiger partial charge in [0.15, 0.2) is 0 Å². The van der Waals surface area contributed by atoms with Gasteiger partial charge in [-0.15, -0.1) is 0 Å². The second-order valence-electron chi connectivity index (χ2n) is 2.94. The largest absolute Gasteiger partial charge is 0.496 e. The third-order valence-corrected chi connectivity index (χ3v) is 2.47. The Labute approximate surface area is 97.1 Å². The Hall–Kier alpha value is -1.07. The van der Waals surface area contributed by atoms with E-state index in [2.05, 4.69) is 26.8 Å². The molecule has 5 heteroatoms. The molecule has 1 rings (SSSR count). The smallest absolute Gasteiger partial charge is 0.238 e. The molecule has 1 aromatic rings. The van der Waals surface area contributed by atoms with Crippen LogP contribution < -0.4 is 15.6 Å². The van der Waals surface area contributed by atoms with Crippen molar-refractivity contribution in [3.8, 4) is 5.75 Å². The molecule has 0 aromatic heterocycles. The van der Waals surface area contributed by atoms with Gasteiger partial charge >= 0.3 is 0 Å². The molecule has 0 fully saturated rings. The number of methoxy groups -OCH3 is 1. The van der Waals surface area contributed by atoms with Crippen molar-refractivity contribution in [3.63, 3.8) is 0 Å². The number of carbonyl (C=O) groups is 1. The summed E-state index contributed by atoms with van der Waals surface area (Å²) in [5.74, 6) is 0.683. The van der Waals surface area contributed by atoms with E-state index in [9.17, 15) is 4.79 Å². The fourth-order valence-corrected chi connectivity index (χ4v) is 1.78. The Morgan fingerprint density at radius 3 is 2.80 bits per heavy atom. The molecule has 1 aromatic carbocycles. The molecule has 1 amide bonds. The summed E-state index contributed by atoms with van der Waals surface area (Å²) < 4.78 is 5.94. The highest BCUT2D eigenvalue weighted by Gasteiger charge is 2.05. The number of rotatable bonds is 4. The topological polar surface area (TPSA) is 50.4 Å². The maximum Gasteiger partial charge on any atom is 0.238 e. The third-order valence-electron chi connectivity index (χ3n) is 1.85. The highest BCUT2D eigenvalue weighted by Crippen LogP contribution is 2.25. The van der Waals surface area contributed by atoms with Crippen LogP contribution in [-0.2, 0) is 11.2 Å². The highest BCUT2D eigenvalue weighted by atomic mass is 79.9. The Balaban J connectivity index is 2.71. The lowest BCUT2D eigenvalue weighted by Gasteiger charge is -2.06. The van der Waals surface area contributed by atoms with Gasteiger partial charge < -0.3 is 4.74 Å². The van der Waals surface area contributed by atoms with Gasteiger partial charge in [0.2, 0.25) is 5.91 Å². The zero-order chi connectivity index (χ0) is 11.3. The first-order chi connectivity index (χ1) is 7.17. The minimum Gasteiger partial charge on any atom is -0.496 e. The van der Waals surface area contributed by atoms with Gasteiger partial charge in [-0.2, -0.15) is 0 Å². The Bertz CT molecular complexity index is 355. The number of ether oxygens (including phenoxy) is 1. The van der Waals surface area contributed by atoms with E-state index in [0.717, 1.165) is 15.8 Å². The lowest BCUT2D eigenvalue weighted by Crippen LogP contribution is -2.35. The predicted molar refractivity (Wildman–Crippen MR) is 61.6 cm³/mol. The maximum atomic E-state index is 11.3. The normalized spacial score (nSPS) is 9.80. The number of benzene rings is 1. The lowest BCUT2D eigenvalue weighted by atomic mass is 10.1. The first-order valence-electron chi connectivity index (χ1n) is 4.45. The van der Waals surface area contributed by atoms with Crippen LogP contribution in [0, 0.1) is 0 Å². The zero-order valence-electron chi connectivity index (χ0n) is 8.63. The van der Waals surface area contributed by atoms with Gasteiger partial charge in [-0.25, -0.2) is 5.43 Å². The van der Waals surface area contributed by atoms with Crippen molar-refractivity contribution < 1.29 is 9.53 Å². The quantitative estimate of drug-likeness (QED) is 0.812.